The van der Waals surface area contributed by atoms with Crippen LogP contribution in [0.1, 0.15) is 9.88 Å². The topological polar surface area (TPSA) is 12.9 Å². The summed E-state index contributed by atoms with van der Waals surface area (Å²) in [5.41, 5.74) is 0. The van der Waals surface area contributed by atoms with E-state index < -0.39 is 0 Å². The lowest BCUT2D eigenvalue weighted by Gasteiger charge is -1.76. The Bertz CT molecular complexity index is 173. The molecule has 3 heteroatoms. The molecular weight excluding hydrogens is 233 g/mol. The summed E-state index contributed by atoms with van der Waals surface area (Å²) in [6.07, 6.45) is 1.92. The molecule has 8 heavy (non-hydrogen) atoms. The van der Waals surface area contributed by atoms with Gasteiger partial charge in [-0.2, -0.15) is 0 Å². The molecule has 1 aromatic rings. The third-order valence-electron chi connectivity index (χ3n) is 0.783. The summed E-state index contributed by atoms with van der Waals surface area (Å²) in [5.74, 6) is 0. The van der Waals surface area contributed by atoms with E-state index in [1.165, 1.54) is 9.88 Å². The number of rotatable bonds is 1. The van der Waals surface area contributed by atoms with Gasteiger partial charge in [-0.1, -0.05) is 22.6 Å². The molecule has 1 rings (SSSR count). The Kier molecular flexibility index (Phi) is 2.25. The number of aromatic nitrogens is 1. The molecule has 44 valence electrons. The van der Waals surface area contributed by atoms with Gasteiger partial charge in [0.2, 0.25) is 0 Å². The maximum atomic E-state index is 4.15. The van der Waals surface area contributed by atoms with Crippen molar-refractivity contribution in [3.8, 4) is 0 Å². The molecule has 0 aliphatic heterocycles. The van der Waals surface area contributed by atoms with Gasteiger partial charge in [0.05, 0.1) is 4.43 Å². The minimum Gasteiger partial charge on any atom is -0.249 e. The fourth-order valence-corrected chi connectivity index (χ4v) is 1.76. The summed E-state index contributed by atoms with van der Waals surface area (Å²) in [5, 5.41) is 1.23. The normalized spacial score (nSPS) is 9.75. The molecule has 0 aliphatic carbocycles. The van der Waals surface area contributed by atoms with Gasteiger partial charge in [-0.05, 0) is 6.92 Å². The third kappa shape index (κ3) is 1.42. The van der Waals surface area contributed by atoms with E-state index in [1.54, 1.807) is 11.3 Å². The van der Waals surface area contributed by atoms with Crippen LogP contribution in [0, 0.1) is 6.92 Å². The fraction of sp³-hybridized carbons (Fsp3) is 0.400. The van der Waals surface area contributed by atoms with Crippen molar-refractivity contribution in [2.45, 2.75) is 11.4 Å². The van der Waals surface area contributed by atoms with Gasteiger partial charge in [-0.25, -0.2) is 4.98 Å². The molecule has 0 saturated heterocycles. The highest BCUT2D eigenvalue weighted by Crippen LogP contribution is 2.13. The molecule has 0 aliphatic rings. The average molecular weight is 239 g/mol. The zero-order valence-corrected chi connectivity index (χ0v) is 7.49. The van der Waals surface area contributed by atoms with Crippen LogP contribution in [0.4, 0.5) is 0 Å². The average Bonchev–Trinajstić information content (AvgIpc) is 2.14. The number of hydrogen-bond acceptors (Lipinski definition) is 2. The highest BCUT2D eigenvalue weighted by Gasteiger charge is 1.92. The molecule has 0 amide bonds. The van der Waals surface area contributed by atoms with Crippen molar-refractivity contribution in [2.75, 3.05) is 0 Å². The van der Waals surface area contributed by atoms with Gasteiger partial charge in [-0.3, -0.25) is 0 Å². The molecule has 0 N–H and O–H groups in total. The number of hydrogen-bond donors (Lipinski definition) is 0. The van der Waals surface area contributed by atoms with Crippen molar-refractivity contribution in [3.05, 3.63) is 16.1 Å². The molecule has 0 unspecified atom stereocenters. The fourth-order valence-electron chi connectivity index (χ4n) is 0.463. The van der Waals surface area contributed by atoms with Crippen LogP contribution in [-0.2, 0) is 4.43 Å². The zero-order chi connectivity index (χ0) is 5.98. The minimum absolute atomic E-state index is 1.04. The van der Waals surface area contributed by atoms with Gasteiger partial charge >= 0.3 is 0 Å². The second kappa shape index (κ2) is 2.77. The van der Waals surface area contributed by atoms with E-state index in [-0.39, 0.29) is 0 Å². The van der Waals surface area contributed by atoms with Gasteiger partial charge in [0.1, 0.15) is 5.01 Å². The lowest BCUT2D eigenvalue weighted by Crippen LogP contribution is -1.66. The van der Waals surface area contributed by atoms with Crippen LogP contribution < -0.4 is 0 Å². The Hall–Kier alpha value is 0.360. The molecule has 1 nitrogen and oxygen atoms in total. The van der Waals surface area contributed by atoms with Crippen LogP contribution in [0.5, 0.6) is 0 Å². The van der Waals surface area contributed by atoms with Crippen LogP contribution in [0.2, 0.25) is 0 Å². The van der Waals surface area contributed by atoms with Crippen molar-refractivity contribution in [1.82, 2.24) is 4.98 Å². The number of halogens is 1. The summed E-state index contributed by atoms with van der Waals surface area (Å²) < 4.78 is 1.04. The molecule has 1 heterocycles. The summed E-state index contributed by atoms with van der Waals surface area (Å²) in [6, 6.07) is 0. The van der Waals surface area contributed by atoms with E-state index in [4.69, 9.17) is 0 Å². The number of aryl methyl sites for hydroxylation is 1. The molecule has 1 aromatic heterocycles. The summed E-state index contributed by atoms with van der Waals surface area (Å²) in [6.45, 7) is 2.08. The molecular formula is C5H6INS. The molecule has 0 fully saturated rings. The molecule has 0 atom stereocenters. The molecule has 0 bridgehead atoms. The van der Waals surface area contributed by atoms with Gasteiger partial charge in [0.25, 0.3) is 0 Å². The van der Waals surface area contributed by atoms with Crippen molar-refractivity contribution in [2.24, 2.45) is 0 Å². The van der Waals surface area contributed by atoms with E-state index in [2.05, 4.69) is 34.5 Å². The maximum absolute atomic E-state index is 4.15. The first-order chi connectivity index (χ1) is 3.83. The first-order valence-corrected chi connectivity index (χ1v) is 4.64. The predicted octanol–water partition coefficient (Wildman–Crippen LogP) is 2.39. The monoisotopic (exact) mass is 239 g/mol. The Balaban J connectivity index is 2.84. The van der Waals surface area contributed by atoms with Gasteiger partial charge in [0.15, 0.2) is 0 Å². The lowest BCUT2D eigenvalue weighted by atomic mass is 10.6. The van der Waals surface area contributed by atoms with Crippen molar-refractivity contribution < 1.29 is 0 Å². The van der Waals surface area contributed by atoms with Crippen LogP contribution >= 0.6 is 33.9 Å². The Morgan fingerprint density at radius 2 is 2.62 bits per heavy atom. The van der Waals surface area contributed by atoms with Crippen molar-refractivity contribution >= 4 is 33.9 Å². The largest absolute Gasteiger partial charge is 0.249 e. The summed E-state index contributed by atoms with van der Waals surface area (Å²) in [7, 11) is 0. The number of thiazole rings is 1. The number of alkyl halides is 1. The van der Waals surface area contributed by atoms with E-state index in [1.807, 2.05) is 6.20 Å². The highest BCUT2D eigenvalue weighted by molar-refractivity contribution is 14.1. The second-order valence-electron chi connectivity index (χ2n) is 1.50. The number of nitrogens with zero attached hydrogens (tertiary/aromatic N) is 1. The van der Waals surface area contributed by atoms with Gasteiger partial charge < -0.3 is 0 Å². The predicted molar refractivity (Wildman–Crippen MR) is 44.6 cm³/mol. The first kappa shape index (κ1) is 6.48. The zero-order valence-electron chi connectivity index (χ0n) is 4.52. The van der Waals surface area contributed by atoms with E-state index in [0.29, 0.717) is 0 Å². The Morgan fingerprint density at radius 3 is 2.88 bits per heavy atom. The van der Waals surface area contributed by atoms with E-state index in [9.17, 15) is 0 Å². The van der Waals surface area contributed by atoms with Crippen LogP contribution in [0.25, 0.3) is 0 Å². The van der Waals surface area contributed by atoms with Crippen LogP contribution in [0.15, 0.2) is 6.20 Å². The van der Waals surface area contributed by atoms with E-state index >= 15 is 0 Å². The Morgan fingerprint density at radius 1 is 1.88 bits per heavy atom. The summed E-state index contributed by atoms with van der Waals surface area (Å²) in [4.78, 5) is 5.45. The maximum Gasteiger partial charge on any atom is 0.102 e. The quantitative estimate of drug-likeness (QED) is 0.541. The molecule has 0 spiro atoms. The van der Waals surface area contributed by atoms with Crippen molar-refractivity contribution in [1.29, 1.82) is 0 Å². The highest BCUT2D eigenvalue weighted by atomic mass is 127. The Labute approximate surface area is 66.3 Å². The smallest absolute Gasteiger partial charge is 0.102 e. The third-order valence-corrected chi connectivity index (χ3v) is 2.94. The van der Waals surface area contributed by atoms with Gasteiger partial charge in [0, 0.05) is 11.1 Å². The molecule has 0 aromatic carbocycles. The molecule has 0 radical (unpaired) electrons. The van der Waals surface area contributed by atoms with Crippen LogP contribution in [0.3, 0.4) is 0 Å². The van der Waals surface area contributed by atoms with E-state index in [0.717, 1.165) is 4.43 Å². The standard InChI is InChI=1S/C5H6INS/c1-4-3-7-5(2-6)8-4/h3H,2H2,1H3. The summed E-state index contributed by atoms with van der Waals surface area (Å²) >= 11 is 4.08. The SMILES string of the molecule is Cc1cnc(CI)s1. The van der Waals surface area contributed by atoms with Crippen molar-refractivity contribution in [3.63, 3.8) is 0 Å². The lowest BCUT2D eigenvalue weighted by molar-refractivity contribution is 1.28. The second-order valence-corrected chi connectivity index (χ2v) is 3.58. The minimum atomic E-state index is 1.04. The van der Waals surface area contributed by atoms with Crippen LogP contribution in [-0.4, -0.2) is 4.98 Å². The first-order valence-electron chi connectivity index (χ1n) is 2.30. The molecule has 0 saturated carbocycles. The van der Waals surface area contributed by atoms with Gasteiger partial charge in [-0.15, -0.1) is 11.3 Å².